The molecule has 136 valence electrons. The summed E-state index contributed by atoms with van der Waals surface area (Å²) in [4.78, 5) is 14.3. The summed E-state index contributed by atoms with van der Waals surface area (Å²) in [6.45, 7) is 1.22. The third-order valence-corrected chi connectivity index (χ3v) is 4.49. The van der Waals surface area contributed by atoms with E-state index in [0.29, 0.717) is 24.4 Å². The lowest BCUT2D eigenvalue weighted by Gasteiger charge is -2.15. The Balaban J connectivity index is 1.38. The van der Waals surface area contributed by atoms with Crippen LogP contribution in [0.5, 0.6) is 0 Å². The van der Waals surface area contributed by atoms with Gasteiger partial charge in [0.25, 0.3) is 0 Å². The quantitative estimate of drug-likeness (QED) is 0.529. The van der Waals surface area contributed by atoms with Crippen LogP contribution in [0.4, 0.5) is 0 Å². The molecule has 0 saturated carbocycles. The fraction of sp³-hybridized carbons (Fsp3) is 0.190. The molecular formula is C21H20N4O2. The van der Waals surface area contributed by atoms with Crippen molar-refractivity contribution in [1.82, 2.24) is 19.8 Å². The first-order chi connectivity index (χ1) is 13.2. The average Bonchev–Trinajstić information content (AvgIpc) is 3.30. The number of amides is 1. The molecule has 6 heteroatoms. The fourth-order valence-electron chi connectivity index (χ4n) is 3.05. The van der Waals surface area contributed by atoms with E-state index in [1.165, 1.54) is 5.56 Å². The fourth-order valence-corrected chi connectivity index (χ4v) is 3.05. The molecule has 0 saturated heterocycles. The van der Waals surface area contributed by atoms with Gasteiger partial charge in [0.15, 0.2) is 5.58 Å². The molecule has 6 nitrogen and oxygen atoms in total. The van der Waals surface area contributed by atoms with Crippen LogP contribution in [0.1, 0.15) is 16.8 Å². The summed E-state index contributed by atoms with van der Waals surface area (Å²) in [5.41, 5.74) is 3.55. The normalized spacial score (nSPS) is 11.0. The van der Waals surface area contributed by atoms with E-state index in [4.69, 9.17) is 4.52 Å². The third-order valence-electron chi connectivity index (χ3n) is 4.49. The lowest BCUT2D eigenvalue weighted by atomic mass is 10.1. The summed E-state index contributed by atoms with van der Waals surface area (Å²) < 4.78 is 7.16. The van der Waals surface area contributed by atoms with Crippen molar-refractivity contribution >= 4 is 16.9 Å². The van der Waals surface area contributed by atoms with Crippen molar-refractivity contribution in [3.8, 4) is 0 Å². The molecule has 0 unspecified atom stereocenters. The molecule has 0 aliphatic carbocycles. The number of hydrogen-bond donors (Lipinski definition) is 0. The molecule has 0 fully saturated rings. The van der Waals surface area contributed by atoms with Crippen molar-refractivity contribution in [2.75, 3.05) is 7.05 Å². The first-order valence-electron chi connectivity index (χ1n) is 8.81. The van der Waals surface area contributed by atoms with Crippen LogP contribution >= 0.6 is 0 Å². The zero-order valence-corrected chi connectivity index (χ0v) is 15.1. The molecule has 2 aromatic carbocycles. The van der Waals surface area contributed by atoms with Gasteiger partial charge in [-0.05, 0) is 17.7 Å². The van der Waals surface area contributed by atoms with Gasteiger partial charge in [-0.1, -0.05) is 47.6 Å². The van der Waals surface area contributed by atoms with Crippen LogP contribution in [-0.2, 0) is 24.3 Å². The molecule has 0 radical (unpaired) electrons. The number of benzene rings is 2. The zero-order valence-electron chi connectivity index (χ0n) is 15.1. The molecule has 2 heterocycles. The van der Waals surface area contributed by atoms with E-state index in [1.54, 1.807) is 18.1 Å². The molecule has 0 aliphatic heterocycles. The highest BCUT2D eigenvalue weighted by molar-refractivity contribution is 5.86. The Hall–Kier alpha value is -3.41. The summed E-state index contributed by atoms with van der Waals surface area (Å²) in [7, 11) is 1.79. The lowest BCUT2D eigenvalue weighted by Crippen LogP contribution is -2.27. The summed E-state index contributed by atoms with van der Waals surface area (Å²) in [5.74, 6) is -0.00939. The SMILES string of the molecule is CN(Cc1cnn(Cc2ccccc2)c1)C(=O)Cc1noc2ccccc12. The lowest BCUT2D eigenvalue weighted by molar-refractivity contribution is -0.129. The van der Waals surface area contributed by atoms with Crippen LogP contribution in [0.2, 0.25) is 0 Å². The second-order valence-electron chi connectivity index (χ2n) is 6.58. The van der Waals surface area contributed by atoms with Gasteiger partial charge in [-0.25, -0.2) is 0 Å². The minimum Gasteiger partial charge on any atom is -0.356 e. The number of aromatic nitrogens is 3. The van der Waals surface area contributed by atoms with Crippen LogP contribution in [0.25, 0.3) is 11.0 Å². The molecule has 4 aromatic rings. The molecule has 0 N–H and O–H groups in total. The smallest absolute Gasteiger partial charge is 0.228 e. The van der Waals surface area contributed by atoms with Gasteiger partial charge in [0.2, 0.25) is 5.91 Å². The largest absolute Gasteiger partial charge is 0.356 e. The van der Waals surface area contributed by atoms with Crippen molar-refractivity contribution in [2.24, 2.45) is 0 Å². The number of likely N-dealkylation sites (N-methyl/N-ethyl adjacent to an activating group) is 1. The highest BCUT2D eigenvalue weighted by Crippen LogP contribution is 2.18. The topological polar surface area (TPSA) is 64.2 Å². The van der Waals surface area contributed by atoms with Gasteiger partial charge in [0.05, 0.1) is 19.2 Å². The Morgan fingerprint density at radius 2 is 1.85 bits per heavy atom. The predicted octanol–water partition coefficient (Wildman–Crippen LogP) is 3.27. The minimum atomic E-state index is -0.00939. The predicted molar refractivity (Wildman–Crippen MR) is 102 cm³/mol. The Morgan fingerprint density at radius 3 is 2.70 bits per heavy atom. The van der Waals surface area contributed by atoms with Crippen molar-refractivity contribution in [3.05, 3.63) is 83.8 Å². The number of carbonyl (C=O) groups is 1. The van der Waals surface area contributed by atoms with Crippen LogP contribution in [0.3, 0.4) is 0 Å². The Labute approximate surface area is 157 Å². The van der Waals surface area contributed by atoms with Crippen LogP contribution in [-0.4, -0.2) is 32.8 Å². The van der Waals surface area contributed by atoms with Gasteiger partial charge in [-0.15, -0.1) is 0 Å². The summed E-state index contributed by atoms with van der Waals surface area (Å²) in [6.07, 6.45) is 3.99. The van der Waals surface area contributed by atoms with Crippen LogP contribution < -0.4 is 0 Å². The second-order valence-corrected chi connectivity index (χ2v) is 6.58. The number of carbonyl (C=O) groups excluding carboxylic acids is 1. The highest BCUT2D eigenvalue weighted by atomic mass is 16.5. The molecule has 1 amide bonds. The number of rotatable bonds is 6. The number of fused-ring (bicyclic) bond motifs is 1. The molecule has 4 rings (SSSR count). The molecule has 0 aliphatic rings. The molecule has 0 spiro atoms. The maximum atomic E-state index is 12.6. The van der Waals surface area contributed by atoms with Gasteiger partial charge in [-0.3, -0.25) is 9.48 Å². The molecule has 0 atom stereocenters. The van der Waals surface area contributed by atoms with E-state index in [9.17, 15) is 4.79 Å². The van der Waals surface area contributed by atoms with Crippen molar-refractivity contribution in [2.45, 2.75) is 19.5 Å². The first-order valence-corrected chi connectivity index (χ1v) is 8.81. The summed E-state index contributed by atoms with van der Waals surface area (Å²) >= 11 is 0. The van der Waals surface area contributed by atoms with E-state index in [1.807, 2.05) is 53.3 Å². The number of para-hydroxylation sites is 1. The number of hydrogen-bond acceptors (Lipinski definition) is 4. The van der Waals surface area contributed by atoms with Crippen molar-refractivity contribution < 1.29 is 9.32 Å². The molecule has 0 bridgehead atoms. The van der Waals surface area contributed by atoms with Gasteiger partial charge < -0.3 is 9.42 Å². The van der Waals surface area contributed by atoms with E-state index >= 15 is 0 Å². The van der Waals surface area contributed by atoms with E-state index < -0.39 is 0 Å². The van der Waals surface area contributed by atoms with Crippen molar-refractivity contribution in [1.29, 1.82) is 0 Å². The Bertz CT molecular complexity index is 1050. The monoisotopic (exact) mass is 360 g/mol. The Kier molecular flexibility index (Phi) is 4.70. The standard InChI is InChI=1S/C21H20N4O2/c1-24(21(26)11-19-18-9-5-6-10-20(18)27-23-19)13-17-12-22-25(15-17)14-16-7-3-2-4-8-16/h2-10,12,15H,11,13-14H2,1H3. The van der Waals surface area contributed by atoms with E-state index in [2.05, 4.69) is 22.4 Å². The highest BCUT2D eigenvalue weighted by Gasteiger charge is 2.16. The summed E-state index contributed by atoms with van der Waals surface area (Å²) in [6, 6.07) is 17.7. The average molecular weight is 360 g/mol. The Morgan fingerprint density at radius 1 is 1.07 bits per heavy atom. The molecule has 27 heavy (non-hydrogen) atoms. The first kappa shape index (κ1) is 17.0. The summed E-state index contributed by atoms with van der Waals surface area (Å²) in [5, 5.41) is 9.31. The van der Waals surface area contributed by atoms with E-state index in [-0.39, 0.29) is 12.3 Å². The third kappa shape index (κ3) is 3.89. The van der Waals surface area contributed by atoms with Gasteiger partial charge >= 0.3 is 0 Å². The van der Waals surface area contributed by atoms with Crippen molar-refractivity contribution in [3.63, 3.8) is 0 Å². The number of nitrogens with zero attached hydrogens (tertiary/aromatic N) is 4. The minimum absolute atomic E-state index is 0.00939. The van der Waals surface area contributed by atoms with Crippen LogP contribution in [0, 0.1) is 0 Å². The van der Waals surface area contributed by atoms with Gasteiger partial charge in [0, 0.05) is 30.7 Å². The zero-order chi connectivity index (χ0) is 18.6. The molecule has 2 aromatic heterocycles. The van der Waals surface area contributed by atoms with Crippen LogP contribution in [0.15, 0.2) is 71.5 Å². The van der Waals surface area contributed by atoms with Gasteiger partial charge in [-0.2, -0.15) is 5.10 Å². The van der Waals surface area contributed by atoms with Gasteiger partial charge in [0.1, 0.15) is 5.69 Å². The maximum Gasteiger partial charge on any atom is 0.228 e. The maximum absolute atomic E-state index is 12.6. The van der Waals surface area contributed by atoms with E-state index in [0.717, 1.165) is 10.9 Å². The molecular weight excluding hydrogens is 340 g/mol. The second kappa shape index (κ2) is 7.45.